The van der Waals surface area contributed by atoms with Gasteiger partial charge < -0.3 is 15.0 Å². The highest BCUT2D eigenvalue weighted by molar-refractivity contribution is 5.85. The summed E-state index contributed by atoms with van der Waals surface area (Å²) < 4.78 is 2.36. The first-order valence-electron chi connectivity index (χ1n) is 7.36. The second-order valence-electron chi connectivity index (χ2n) is 5.56. The smallest absolute Gasteiger partial charge is 0.121 e. The minimum atomic E-state index is -0.271. The van der Waals surface area contributed by atoms with Crippen molar-refractivity contribution in [1.82, 2.24) is 4.57 Å². The molecule has 2 aromatic rings. The fourth-order valence-electron chi connectivity index (χ4n) is 3.35. The normalized spacial score (nSPS) is 16.5. The molecular weight excluding hydrogens is 236 g/mol. The Balaban J connectivity index is 2.06. The fourth-order valence-corrected chi connectivity index (χ4v) is 3.35. The van der Waals surface area contributed by atoms with Gasteiger partial charge in [-0.25, -0.2) is 0 Å². The highest BCUT2D eigenvalue weighted by Crippen LogP contribution is 2.32. The lowest BCUT2D eigenvalue weighted by molar-refractivity contribution is -0.634. The third-order valence-corrected chi connectivity index (χ3v) is 4.19. The molecule has 0 amide bonds. The zero-order valence-corrected chi connectivity index (χ0v) is 11.6. The molecule has 0 spiro atoms. The van der Waals surface area contributed by atoms with Crippen LogP contribution in [0.25, 0.3) is 10.9 Å². The van der Waals surface area contributed by atoms with Crippen molar-refractivity contribution in [2.24, 2.45) is 0 Å². The van der Waals surface area contributed by atoms with E-state index in [1.165, 1.54) is 41.4 Å². The average molecular weight is 259 g/mol. The van der Waals surface area contributed by atoms with Crippen LogP contribution in [-0.2, 0) is 19.4 Å². The Bertz CT molecular complexity index is 573. The number of aliphatic hydroxyl groups excluding tert-OH is 1. The number of likely N-dealkylation sites (N-methyl/N-ethyl adjacent to an activating group) is 1. The maximum atomic E-state index is 10.1. The fraction of sp³-hybridized carbons (Fsp3) is 0.500. The summed E-state index contributed by atoms with van der Waals surface area (Å²) in [5, 5.41) is 13.6. The van der Waals surface area contributed by atoms with Crippen LogP contribution in [0.1, 0.15) is 24.1 Å². The number of fused-ring (bicyclic) bond motifs is 3. The van der Waals surface area contributed by atoms with Gasteiger partial charge in [-0.2, -0.15) is 0 Å². The Kier molecular flexibility index (Phi) is 3.58. The maximum absolute atomic E-state index is 10.1. The quantitative estimate of drug-likeness (QED) is 0.847. The van der Waals surface area contributed by atoms with Crippen molar-refractivity contribution in [3.63, 3.8) is 0 Å². The Hall–Kier alpha value is -1.32. The van der Waals surface area contributed by atoms with E-state index < -0.39 is 0 Å². The molecule has 0 bridgehead atoms. The molecular formula is C16H23N2O+. The SMILES string of the molecule is C[NH2+]C[C@H](O)Cn1c2c(c3ccccc31)CCCC2. The second-order valence-corrected chi connectivity index (χ2v) is 5.56. The molecule has 19 heavy (non-hydrogen) atoms. The third kappa shape index (κ3) is 2.28. The predicted molar refractivity (Wildman–Crippen MR) is 77.3 cm³/mol. The first kappa shape index (κ1) is 12.7. The van der Waals surface area contributed by atoms with E-state index >= 15 is 0 Å². The molecule has 3 N–H and O–H groups in total. The third-order valence-electron chi connectivity index (χ3n) is 4.19. The van der Waals surface area contributed by atoms with Gasteiger partial charge in [-0.3, -0.25) is 0 Å². The molecule has 0 fully saturated rings. The largest absolute Gasteiger partial charge is 0.385 e. The summed E-state index contributed by atoms with van der Waals surface area (Å²) in [4.78, 5) is 0. The molecule has 1 heterocycles. The lowest BCUT2D eigenvalue weighted by atomic mass is 9.95. The van der Waals surface area contributed by atoms with Gasteiger partial charge in [0.05, 0.1) is 13.6 Å². The van der Waals surface area contributed by atoms with Crippen molar-refractivity contribution < 1.29 is 10.4 Å². The Morgan fingerprint density at radius 1 is 1.26 bits per heavy atom. The molecule has 0 saturated heterocycles. The van der Waals surface area contributed by atoms with Gasteiger partial charge in [0.1, 0.15) is 12.6 Å². The van der Waals surface area contributed by atoms with Gasteiger partial charge in [0.2, 0.25) is 0 Å². The van der Waals surface area contributed by atoms with Crippen LogP contribution < -0.4 is 5.32 Å². The van der Waals surface area contributed by atoms with E-state index in [4.69, 9.17) is 0 Å². The molecule has 0 aliphatic heterocycles. The summed E-state index contributed by atoms with van der Waals surface area (Å²) in [7, 11) is 2.01. The summed E-state index contributed by atoms with van der Waals surface area (Å²) in [5.41, 5.74) is 4.28. The van der Waals surface area contributed by atoms with E-state index in [2.05, 4.69) is 28.8 Å². The molecule has 102 valence electrons. The van der Waals surface area contributed by atoms with Crippen LogP contribution in [0.5, 0.6) is 0 Å². The number of nitrogens with zero attached hydrogens (tertiary/aromatic N) is 1. The Morgan fingerprint density at radius 3 is 2.89 bits per heavy atom. The van der Waals surface area contributed by atoms with Crippen LogP contribution in [-0.4, -0.2) is 29.4 Å². The number of benzene rings is 1. The minimum Gasteiger partial charge on any atom is -0.385 e. The Labute approximate surface area is 114 Å². The van der Waals surface area contributed by atoms with Gasteiger partial charge in [0.25, 0.3) is 0 Å². The summed E-state index contributed by atoms with van der Waals surface area (Å²) in [6.07, 6.45) is 4.66. The van der Waals surface area contributed by atoms with Gasteiger partial charge in [0.15, 0.2) is 0 Å². The summed E-state index contributed by atoms with van der Waals surface area (Å²) in [5.74, 6) is 0. The molecule has 1 aromatic heterocycles. The maximum Gasteiger partial charge on any atom is 0.121 e. The van der Waals surface area contributed by atoms with E-state index in [9.17, 15) is 5.11 Å². The molecule has 1 aliphatic carbocycles. The number of para-hydroxylation sites is 1. The topological polar surface area (TPSA) is 41.8 Å². The van der Waals surface area contributed by atoms with Crippen molar-refractivity contribution in [2.45, 2.75) is 38.3 Å². The molecule has 3 heteroatoms. The van der Waals surface area contributed by atoms with Crippen molar-refractivity contribution in [3.05, 3.63) is 35.5 Å². The van der Waals surface area contributed by atoms with Gasteiger partial charge >= 0.3 is 0 Å². The highest BCUT2D eigenvalue weighted by Gasteiger charge is 2.21. The molecule has 0 unspecified atom stereocenters. The van der Waals surface area contributed by atoms with Crippen LogP contribution in [0.4, 0.5) is 0 Å². The number of nitrogens with two attached hydrogens (primary N) is 1. The molecule has 1 aliphatic rings. The van der Waals surface area contributed by atoms with E-state index in [0.29, 0.717) is 0 Å². The number of aliphatic hydroxyl groups is 1. The zero-order chi connectivity index (χ0) is 13.2. The molecule has 0 saturated carbocycles. The summed E-state index contributed by atoms with van der Waals surface area (Å²) >= 11 is 0. The van der Waals surface area contributed by atoms with Gasteiger partial charge in [-0.15, -0.1) is 0 Å². The predicted octanol–water partition coefficient (Wildman–Crippen LogP) is 1.07. The minimum absolute atomic E-state index is 0.271. The first-order chi connectivity index (χ1) is 9.31. The molecule has 3 nitrogen and oxygen atoms in total. The Morgan fingerprint density at radius 2 is 2.05 bits per heavy atom. The van der Waals surface area contributed by atoms with E-state index in [-0.39, 0.29) is 6.10 Å². The zero-order valence-electron chi connectivity index (χ0n) is 11.6. The molecule has 1 aromatic carbocycles. The van der Waals surface area contributed by atoms with E-state index in [1.54, 1.807) is 0 Å². The van der Waals surface area contributed by atoms with Crippen LogP contribution in [0, 0.1) is 0 Å². The van der Waals surface area contributed by atoms with Crippen LogP contribution >= 0.6 is 0 Å². The van der Waals surface area contributed by atoms with Crippen LogP contribution in [0.3, 0.4) is 0 Å². The van der Waals surface area contributed by atoms with Crippen molar-refractivity contribution >= 4 is 10.9 Å². The number of hydrogen-bond acceptors (Lipinski definition) is 1. The lowest BCUT2D eigenvalue weighted by Crippen LogP contribution is -2.82. The van der Waals surface area contributed by atoms with Crippen LogP contribution in [0.2, 0.25) is 0 Å². The van der Waals surface area contributed by atoms with Crippen molar-refractivity contribution in [2.75, 3.05) is 13.6 Å². The van der Waals surface area contributed by atoms with E-state index in [1.807, 2.05) is 12.4 Å². The molecule has 1 atom stereocenters. The highest BCUT2D eigenvalue weighted by atomic mass is 16.3. The number of rotatable bonds is 4. The number of quaternary nitrogens is 1. The van der Waals surface area contributed by atoms with Crippen molar-refractivity contribution in [1.29, 1.82) is 0 Å². The summed E-state index contributed by atoms with van der Waals surface area (Å²) in [6, 6.07) is 8.64. The first-order valence-corrected chi connectivity index (χ1v) is 7.36. The lowest BCUT2D eigenvalue weighted by Gasteiger charge is -2.17. The van der Waals surface area contributed by atoms with Gasteiger partial charge in [-0.1, -0.05) is 18.2 Å². The van der Waals surface area contributed by atoms with Crippen LogP contribution in [0.15, 0.2) is 24.3 Å². The number of aryl methyl sites for hydroxylation is 1. The standard InChI is InChI=1S/C16H22N2O/c1-17-10-12(19)11-18-15-8-4-2-6-13(15)14-7-3-5-9-16(14)18/h2,4,6,8,12,17,19H,3,5,7,9-11H2,1H3/p+1/t12-/m0/s1. The molecule has 3 rings (SSSR count). The second kappa shape index (κ2) is 5.35. The average Bonchev–Trinajstić information content (AvgIpc) is 2.75. The van der Waals surface area contributed by atoms with Crippen molar-refractivity contribution in [3.8, 4) is 0 Å². The summed E-state index contributed by atoms with van der Waals surface area (Å²) in [6.45, 7) is 1.49. The molecule has 0 radical (unpaired) electrons. The van der Waals surface area contributed by atoms with E-state index in [0.717, 1.165) is 19.5 Å². The number of aromatic nitrogens is 1. The van der Waals surface area contributed by atoms with Gasteiger partial charge in [-0.05, 0) is 37.3 Å². The monoisotopic (exact) mass is 259 g/mol. The number of hydrogen-bond donors (Lipinski definition) is 2. The van der Waals surface area contributed by atoms with Gasteiger partial charge in [0, 0.05) is 16.6 Å².